The van der Waals surface area contributed by atoms with Crippen molar-refractivity contribution < 1.29 is 9.84 Å². The molecular weight excluding hydrogens is 278 g/mol. The summed E-state index contributed by atoms with van der Waals surface area (Å²) in [4.78, 5) is 4.16. The number of aryl methyl sites for hydroxylation is 1. The summed E-state index contributed by atoms with van der Waals surface area (Å²) in [5.41, 5.74) is 8.61. The fourth-order valence-corrected chi connectivity index (χ4v) is 1.94. The maximum absolute atomic E-state index is 10.1. The van der Waals surface area contributed by atoms with Crippen molar-refractivity contribution >= 4 is 11.6 Å². The molecule has 0 aromatic heterocycles. The number of aliphatic imine (C=N–C) groups is 1. The molecule has 0 fully saturated rings. The van der Waals surface area contributed by atoms with Crippen molar-refractivity contribution in [2.45, 2.75) is 13.0 Å². The highest BCUT2D eigenvalue weighted by molar-refractivity contribution is 5.92. The number of benzene rings is 2. The number of anilines is 1. The minimum Gasteiger partial charge on any atom is -0.497 e. The number of methoxy groups -OCH3 is 1. The molecule has 22 heavy (non-hydrogen) atoms. The molecule has 0 aliphatic rings. The molecule has 0 aliphatic carbocycles. The molecule has 5 heteroatoms. The quantitative estimate of drug-likeness (QED) is 0.585. The smallest absolute Gasteiger partial charge is 0.193 e. The fraction of sp³-hybridized carbons (Fsp3) is 0.235. The van der Waals surface area contributed by atoms with Gasteiger partial charge in [0.05, 0.1) is 19.8 Å². The molecule has 1 atom stereocenters. The van der Waals surface area contributed by atoms with Crippen molar-refractivity contribution in [1.82, 2.24) is 0 Å². The summed E-state index contributed by atoms with van der Waals surface area (Å²) in [6.45, 7) is 2.21. The fourth-order valence-electron chi connectivity index (χ4n) is 1.94. The third kappa shape index (κ3) is 4.49. The van der Waals surface area contributed by atoms with Gasteiger partial charge in [-0.15, -0.1) is 0 Å². The highest BCUT2D eigenvalue weighted by Gasteiger charge is 2.06. The van der Waals surface area contributed by atoms with Crippen molar-refractivity contribution in [1.29, 1.82) is 0 Å². The summed E-state index contributed by atoms with van der Waals surface area (Å²) < 4.78 is 5.09. The molecule has 0 heterocycles. The lowest BCUT2D eigenvalue weighted by Crippen LogP contribution is -2.23. The zero-order valence-electron chi connectivity index (χ0n) is 12.8. The van der Waals surface area contributed by atoms with Crippen molar-refractivity contribution in [3.8, 4) is 5.75 Å². The maximum atomic E-state index is 10.1. The second kappa shape index (κ2) is 7.47. The van der Waals surface area contributed by atoms with Crippen LogP contribution in [0.3, 0.4) is 0 Å². The minimum atomic E-state index is -0.670. The molecule has 0 spiro atoms. The van der Waals surface area contributed by atoms with E-state index in [1.165, 1.54) is 0 Å². The number of hydrogen-bond acceptors (Lipinski definition) is 3. The van der Waals surface area contributed by atoms with Gasteiger partial charge in [-0.25, -0.2) is 0 Å². The van der Waals surface area contributed by atoms with Crippen LogP contribution in [0.25, 0.3) is 0 Å². The Bertz CT molecular complexity index is 621. The third-order valence-corrected chi connectivity index (χ3v) is 3.26. The molecule has 5 nitrogen and oxygen atoms in total. The van der Waals surface area contributed by atoms with Crippen LogP contribution in [-0.2, 0) is 0 Å². The van der Waals surface area contributed by atoms with Gasteiger partial charge in [-0.05, 0) is 36.8 Å². The Morgan fingerprint density at radius 3 is 2.41 bits per heavy atom. The molecule has 0 saturated heterocycles. The highest BCUT2D eigenvalue weighted by Crippen LogP contribution is 2.16. The summed E-state index contributed by atoms with van der Waals surface area (Å²) in [6.07, 6.45) is -0.670. The zero-order valence-corrected chi connectivity index (χ0v) is 12.8. The number of nitrogens with one attached hydrogen (secondary N) is 1. The van der Waals surface area contributed by atoms with E-state index in [-0.39, 0.29) is 12.5 Å². The Labute approximate surface area is 130 Å². The molecule has 116 valence electrons. The van der Waals surface area contributed by atoms with E-state index in [4.69, 9.17) is 10.5 Å². The van der Waals surface area contributed by atoms with Crippen LogP contribution < -0.4 is 15.8 Å². The second-order valence-corrected chi connectivity index (χ2v) is 5.01. The van der Waals surface area contributed by atoms with Crippen molar-refractivity contribution in [3.05, 3.63) is 59.7 Å². The molecule has 0 bridgehead atoms. The number of aliphatic hydroxyl groups excluding tert-OH is 1. The first kappa shape index (κ1) is 15.9. The van der Waals surface area contributed by atoms with E-state index in [1.54, 1.807) is 7.11 Å². The molecule has 0 amide bonds. The molecule has 0 saturated carbocycles. The van der Waals surface area contributed by atoms with Crippen molar-refractivity contribution in [2.75, 3.05) is 19.0 Å². The molecule has 2 aromatic rings. The summed E-state index contributed by atoms with van der Waals surface area (Å²) in [6, 6.07) is 15.1. The predicted molar refractivity (Wildman–Crippen MR) is 89.2 cm³/mol. The Balaban J connectivity index is 1.92. The van der Waals surface area contributed by atoms with Crippen LogP contribution >= 0.6 is 0 Å². The number of hydrogen-bond donors (Lipinski definition) is 3. The number of aliphatic hydroxyl groups is 1. The van der Waals surface area contributed by atoms with Crippen LogP contribution in [0.4, 0.5) is 5.69 Å². The van der Waals surface area contributed by atoms with Gasteiger partial charge in [-0.2, -0.15) is 0 Å². The summed E-state index contributed by atoms with van der Waals surface area (Å²) >= 11 is 0. The lowest BCUT2D eigenvalue weighted by atomic mass is 10.1. The molecular formula is C17H21N3O2. The average molecular weight is 299 g/mol. The molecule has 4 N–H and O–H groups in total. The van der Waals surface area contributed by atoms with Gasteiger partial charge < -0.3 is 20.9 Å². The van der Waals surface area contributed by atoms with E-state index < -0.39 is 6.10 Å². The largest absolute Gasteiger partial charge is 0.497 e. The van der Waals surface area contributed by atoms with Crippen LogP contribution in [0.5, 0.6) is 5.75 Å². The Hall–Kier alpha value is -2.53. The topological polar surface area (TPSA) is 79.9 Å². The Morgan fingerprint density at radius 1 is 1.18 bits per heavy atom. The Morgan fingerprint density at radius 2 is 1.82 bits per heavy atom. The number of nitrogens with two attached hydrogens (primary N) is 1. The lowest BCUT2D eigenvalue weighted by Gasteiger charge is -2.10. The van der Waals surface area contributed by atoms with Gasteiger partial charge >= 0.3 is 0 Å². The molecule has 0 aliphatic heterocycles. The molecule has 0 radical (unpaired) electrons. The van der Waals surface area contributed by atoms with Gasteiger partial charge in [0, 0.05) is 5.69 Å². The van der Waals surface area contributed by atoms with Crippen LogP contribution in [0, 0.1) is 6.92 Å². The van der Waals surface area contributed by atoms with E-state index in [9.17, 15) is 5.11 Å². The van der Waals surface area contributed by atoms with Gasteiger partial charge in [0.15, 0.2) is 5.96 Å². The maximum Gasteiger partial charge on any atom is 0.193 e. The van der Waals surface area contributed by atoms with Gasteiger partial charge in [0.2, 0.25) is 0 Å². The lowest BCUT2D eigenvalue weighted by molar-refractivity contribution is 0.187. The van der Waals surface area contributed by atoms with Crippen LogP contribution in [0.15, 0.2) is 53.5 Å². The van der Waals surface area contributed by atoms with Gasteiger partial charge in [-0.1, -0.05) is 29.8 Å². The van der Waals surface area contributed by atoms with E-state index in [2.05, 4.69) is 10.3 Å². The standard InChI is InChI=1S/C17H21N3O2/c1-12-3-5-13(6-4-12)16(21)11-19-17(18)20-14-7-9-15(22-2)10-8-14/h3-10,16,21H,11H2,1-2H3,(H3,18,19,20). The van der Waals surface area contributed by atoms with Crippen molar-refractivity contribution in [2.24, 2.45) is 10.7 Å². The monoisotopic (exact) mass is 299 g/mol. The van der Waals surface area contributed by atoms with Crippen LogP contribution in [-0.4, -0.2) is 24.7 Å². The predicted octanol–water partition coefficient (Wildman–Crippen LogP) is 2.46. The van der Waals surface area contributed by atoms with E-state index in [0.29, 0.717) is 0 Å². The minimum absolute atomic E-state index is 0.206. The van der Waals surface area contributed by atoms with Crippen molar-refractivity contribution in [3.63, 3.8) is 0 Å². The normalized spacial score (nSPS) is 12.8. The second-order valence-electron chi connectivity index (χ2n) is 5.01. The van der Waals surface area contributed by atoms with E-state index >= 15 is 0 Å². The number of nitrogens with zero attached hydrogens (tertiary/aromatic N) is 1. The summed E-state index contributed by atoms with van der Waals surface area (Å²) in [7, 11) is 1.62. The highest BCUT2D eigenvalue weighted by atomic mass is 16.5. The first-order valence-electron chi connectivity index (χ1n) is 7.04. The van der Waals surface area contributed by atoms with Gasteiger partial charge in [0.25, 0.3) is 0 Å². The number of guanidine groups is 1. The zero-order chi connectivity index (χ0) is 15.9. The number of rotatable bonds is 5. The van der Waals surface area contributed by atoms with E-state index in [0.717, 1.165) is 22.6 Å². The number of ether oxygens (including phenoxy) is 1. The summed E-state index contributed by atoms with van der Waals surface area (Å²) in [5, 5.41) is 13.1. The Kier molecular flexibility index (Phi) is 5.38. The van der Waals surface area contributed by atoms with Crippen LogP contribution in [0.2, 0.25) is 0 Å². The van der Waals surface area contributed by atoms with Gasteiger partial charge in [-0.3, -0.25) is 4.99 Å². The average Bonchev–Trinajstić information content (AvgIpc) is 2.54. The molecule has 2 aromatic carbocycles. The van der Waals surface area contributed by atoms with Gasteiger partial charge in [0.1, 0.15) is 5.75 Å². The summed E-state index contributed by atoms with van der Waals surface area (Å²) in [5.74, 6) is 1.03. The van der Waals surface area contributed by atoms with Crippen LogP contribution in [0.1, 0.15) is 17.2 Å². The molecule has 2 rings (SSSR count). The molecule has 1 unspecified atom stereocenters. The van der Waals surface area contributed by atoms with E-state index in [1.807, 2.05) is 55.5 Å². The first-order chi connectivity index (χ1) is 10.6. The SMILES string of the molecule is COc1ccc(NC(N)=NCC(O)c2ccc(C)cc2)cc1. The third-order valence-electron chi connectivity index (χ3n) is 3.26. The first-order valence-corrected chi connectivity index (χ1v) is 7.04.